The van der Waals surface area contributed by atoms with E-state index in [9.17, 15) is 39.4 Å². The standard InChI is InChI=1S/C56H68N4O13S/c1-33(2)28-49(72-56(64)57-11)52-58-46(32-74-52)51-38(7)15-13-14-37(6)50(69-12)41(10)47(70-54(62)42-19-23-44(24-20-42)59(65)66)27-17-34(3)29-36(5)30-40(9)48(31-35(4)16-18-39(8)53(61)73-51)71-55(63)43-21-25-45(26-22-43)60(67)68/h13-15,17-27,29-33,38,40-41,47-51H,16,28H2,1-12H3,(H,57,64)/b15-13+,27-17+,34-29-,35-31+,36-30-,37-14+,39-18+/t38-,40-,41-,47+,48+,49-,50+,51-/m0/s1. The van der Waals surface area contributed by atoms with Gasteiger partial charge in [-0.15, -0.1) is 11.3 Å². The number of nitro benzene ring substituents is 2. The van der Waals surface area contributed by atoms with E-state index in [4.69, 9.17) is 28.7 Å². The number of rotatable bonds is 12. The number of amides is 1. The minimum Gasteiger partial charge on any atom is -0.454 e. The van der Waals surface area contributed by atoms with Gasteiger partial charge in [0.25, 0.3) is 11.4 Å². The number of hydrogen-bond donors (Lipinski definition) is 1. The molecule has 0 unspecified atom stereocenters. The summed E-state index contributed by atoms with van der Waals surface area (Å²) < 4.78 is 30.2. The molecular formula is C56H68N4O13S. The number of carbonyl (C=O) groups excluding carboxylic acids is 4. The number of methoxy groups -OCH3 is 1. The molecule has 1 aliphatic heterocycles. The van der Waals surface area contributed by atoms with E-state index in [1.165, 1.54) is 66.9 Å². The van der Waals surface area contributed by atoms with Crippen LogP contribution in [0.1, 0.15) is 126 Å². The molecule has 1 aliphatic rings. The minimum atomic E-state index is -0.886. The van der Waals surface area contributed by atoms with Crippen molar-refractivity contribution in [2.45, 2.75) is 113 Å². The van der Waals surface area contributed by atoms with E-state index in [1.54, 1.807) is 37.6 Å². The zero-order valence-electron chi connectivity index (χ0n) is 44.1. The van der Waals surface area contributed by atoms with E-state index >= 15 is 0 Å². The Hall–Kier alpha value is -7.31. The first-order valence-corrected chi connectivity index (χ1v) is 25.1. The van der Waals surface area contributed by atoms with Crippen LogP contribution in [0.15, 0.2) is 136 Å². The highest BCUT2D eigenvalue weighted by atomic mass is 32.1. The highest BCUT2D eigenvalue weighted by Gasteiger charge is 2.31. The Morgan fingerprint density at radius 2 is 1.42 bits per heavy atom. The van der Waals surface area contributed by atoms with Gasteiger partial charge in [-0.3, -0.25) is 20.2 Å². The van der Waals surface area contributed by atoms with Gasteiger partial charge >= 0.3 is 24.0 Å². The van der Waals surface area contributed by atoms with Gasteiger partial charge in [0.05, 0.1) is 32.8 Å². The number of nitrogens with zero attached hydrogens (tertiary/aromatic N) is 3. The van der Waals surface area contributed by atoms with Crippen LogP contribution in [0.5, 0.6) is 0 Å². The second kappa shape index (κ2) is 28.2. The summed E-state index contributed by atoms with van der Waals surface area (Å²) in [5.41, 5.74) is 3.82. The van der Waals surface area contributed by atoms with Crippen LogP contribution in [0.3, 0.4) is 0 Å². The van der Waals surface area contributed by atoms with Gasteiger partial charge in [0.1, 0.15) is 17.2 Å². The molecule has 18 heteroatoms. The van der Waals surface area contributed by atoms with Crippen LogP contribution in [0.4, 0.5) is 16.2 Å². The molecule has 1 amide bonds. The van der Waals surface area contributed by atoms with Crippen LogP contribution >= 0.6 is 11.3 Å². The SMILES string of the molecule is CNC(=O)O[C@@H](CC(C)C)c1nc([C@H]2OC(=O)/C(C)=C/C/C(C)=C/[C@@H](OC(=O)c3ccc([N+](=O)[O-])cc3)[C@@H](C)\C=C(C)/C=C(C)\C=C\[C@@H](OC(=O)c3ccc([N+](=O)[O-])cc3)[C@H](C)[C@H](OC)/C(C)=C/C=C/[C@@H]2C)cs1. The van der Waals surface area contributed by atoms with Crippen molar-refractivity contribution in [3.8, 4) is 0 Å². The molecule has 17 nitrogen and oxygen atoms in total. The second-order valence-corrected chi connectivity index (χ2v) is 19.7. The number of benzene rings is 2. The Morgan fingerprint density at radius 3 is 1.96 bits per heavy atom. The fourth-order valence-electron chi connectivity index (χ4n) is 8.00. The molecule has 2 aromatic carbocycles. The van der Waals surface area contributed by atoms with Crippen molar-refractivity contribution in [2.75, 3.05) is 14.2 Å². The highest BCUT2D eigenvalue weighted by molar-refractivity contribution is 7.09. The molecule has 0 fully saturated rings. The van der Waals surface area contributed by atoms with E-state index in [1.807, 2.05) is 98.8 Å². The zero-order chi connectivity index (χ0) is 54.8. The maximum absolute atomic E-state index is 14.0. The van der Waals surface area contributed by atoms with Gasteiger partial charge in [0.2, 0.25) is 0 Å². The molecule has 3 aromatic rings. The number of nitrogens with one attached hydrogen (secondary N) is 1. The summed E-state index contributed by atoms with van der Waals surface area (Å²) in [7, 11) is 3.03. The third kappa shape index (κ3) is 17.7. The van der Waals surface area contributed by atoms with Crippen molar-refractivity contribution in [3.63, 3.8) is 0 Å². The number of allylic oxidation sites excluding steroid dienone is 8. The van der Waals surface area contributed by atoms with E-state index in [0.29, 0.717) is 29.1 Å². The van der Waals surface area contributed by atoms with Crippen molar-refractivity contribution in [1.29, 1.82) is 0 Å². The molecule has 8 atom stereocenters. The number of thiazole rings is 1. The summed E-state index contributed by atoms with van der Waals surface area (Å²) >= 11 is 1.30. The van der Waals surface area contributed by atoms with Gasteiger partial charge in [-0.1, -0.05) is 93.9 Å². The van der Waals surface area contributed by atoms with E-state index in [0.717, 1.165) is 22.3 Å². The van der Waals surface area contributed by atoms with Gasteiger partial charge < -0.3 is 29.0 Å². The highest BCUT2D eigenvalue weighted by Crippen LogP contribution is 2.35. The lowest BCUT2D eigenvalue weighted by atomic mass is 9.91. The molecule has 0 aliphatic carbocycles. The van der Waals surface area contributed by atoms with Crippen LogP contribution in [-0.2, 0) is 28.5 Å². The quantitative estimate of drug-likeness (QED) is 0.0585. The Bertz CT molecular complexity index is 2700. The number of non-ortho nitro benzene ring substituents is 2. The van der Waals surface area contributed by atoms with E-state index in [-0.39, 0.29) is 28.4 Å². The number of carbonyl (C=O) groups is 4. The van der Waals surface area contributed by atoms with Crippen molar-refractivity contribution < 1.29 is 52.7 Å². The fourth-order valence-corrected chi connectivity index (χ4v) is 8.88. The molecule has 396 valence electrons. The first-order valence-electron chi connectivity index (χ1n) is 24.2. The summed E-state index contributed by atoms with van der Waals surface area (Å²) in [4.78, 5) is 80.1. The minimum absolute atomic E-state index is 0.120. The topological polar surface area (TPSA) is 226 Å². The Morgan fingerprint density at radius 1 is 0.838 bits per heavy atom. The zero-order valence-corrected chi connectivity index (χ0v) is 44.9. The molecule has 0 spiro atoms. The predicted molar refractivity (Wildman–Crippen MR) is 283 cm³/mol. The summed E-state index contributed by atoms with van der Waals surface area (Å²) in [6.07, 6.45) is 12.9. The molecule has 1 aromatic heterocycles. The summed E-state index contributed by atoms with van der Waals surface area (Å²) in [6.45, 7) is 18.8. The van der Waals surface area contributed by atoms with Crippen LogP contribution in [0, 0.1) is 43.9 Å². The molecule has 0 bridgehead atoms. The smallest absolute Gasteiger partial charge is 0.407 e. The number of aromatic nitrogens is 1. The first kappa shape index (κ1) is 59.3. The fraction of sp³-hybridized carbons (Fsp3) is 0.411. The Kier molecular flexibility index (Phi) is 22.6. The molecule has 0 radical (unpaired) electrons. The molecule has 1 N–H and O–H groups in total. The van der Waals surface area contributed by atoms with Crippen LogP contribution in [0.25, 0.3) is 0 Å². The number of esters is 3. The van der Waals surface area contributed by atoms with Crippen LogP contribution in [0.2, 0.25) is 0 Å². The maximum Gasteiger partial charge on any atom is 0.407 e. The average molecular weight is 1040 g/mol. The van der Waals surface area contributed by atoms with Gasteiger partial charge in [0.15, 0.2) is 12.2 Å². The van der Waals surface area contributed by atoms with Gasteiger partial charge in [-0.05, 0) is 95.4 Å². The van der Waals surface area contributed by atoms with E-state index in [2.05, 4.69) is 5.32 Å². The predicted octanol–water partition coefficient (Wildman–Crippen LogP) is 12.6. The molecule has 2 heterocycles. The van der Waals surface area contributed by atoms with Gasteiger partial charge in [-0.2, -0.15) is 0 Å². The Balaban J connectivity index is 1.85. The third-order valence-electron chi connectivity index (χ3n) is 12.1. The van der Waals surface area contributed by atoms with Crippen LogP contribution in [-0.4, -0.2) is 71.3 Å². The van der Waals surface area contributed by atoms with Crippen LogP contribution < -0.4 is 5.32 Å². The molecule has 74 heavy (non-hydrogen) atoms. The van der Waals surface area contributed by atoms with Gasteiger partial charge in [0, 0.05) is 67.1 Å². The molecule has 0 saturated heterocycles. The van der Waals surface area contributed by atoms with Crippen molar-refractivity contribution >= 4 is 46.7 Å². The van der Waals surface area contributed by atoms with E-state index < -0.39 is 82.1 Å². The summed E-state index contributed by atoms with van der Waals surface area (Å²) in [5.74, 6) is -3.16. The summed E-state index contributed by atoms with van der Waals surface area (Å²) in [5, 5.41) is 27.5. The number of nitro groups is 2. The lowest BCUT2D eigenvalue weighted by Gasteiger charge is -2.29. The number of ether oxygens (including phenoxy) is 5. The normalized spacial score (nSPS) is 26.4. The summed E-state index contributed by atoms with van der Waals surface area (Å²) in [6, 6.07) is 10.3. The number of cyclic esters (lactones) is 1. The van der Waals surface area contributed by atoms with Crippen molar-refractivity contribution in [1.82, 2.24) is 10.3 Å². The largest absolute Gasteiger partial charge is 0.454 e. The number of hydrogen-bond acceptors (Lipinski definition) is 15. The lowest BCUT2D eigenvalue weighted by molar-refractivity contribution is -0.385. The molecule has 0 saturated carbocycles. The lowest BCUT2D eigenvalue weighted by Crippen LogP contribution is -2.34. The van der Waals surface area contributed by atoms with Crippen molar-refractivity contribution in [2.24, 2.45) is 23.7 Å². The number of alkyl carbamates (subject to hydrolysis) is 1. The van der Waals surface area contributed by atoms with Gasteiger partial charge in [-0.25, -0.2) is 24.2 Å². The first-order chi connectivity index (χ1) is 35.0. The monoisotopic (exact) mass is 1040 g/mol. The van der Waals surface area contributed by atoms with Crippen molar-refractivity contribution in [3.05, 3.63) is 179 Å². The Labute approximate surface area is 437 Å². The molecule has 4 rings (SSSR count). The third-order valence-corrected chi connectivity index (χ3v) is 13.0. The maximum atomic E-state index is 14.0. The molecular weight excluding hydrogens is 969 g/mol. The average Bonchev–Trinajstić information content (AvgIpc) is 3.85. The second-order valence-electron chi connectivity index (χ2n) is 18.8.